The maximum absolute atomic E-state index is 5.86. The molecular formula is C14H22N6O. The van der Waals surface area contributed by atoms with Crippen molar-refractivity contribution in [3.05, 3.63) is 30.1 Å². The third-order valence-electron chi connectivity index (χ3n) is 3.77. The quantitative estimate of drug-likeness (QED) is 0.802. The van der Waals surface area contributed by atoms with Gasteiger partial charge in [-0.25, -0.2) is 9.67 Å². The molecule has 2 aromatic heterocycles. The molecule has 114 valence electrons. The molecule has 1 aliphatic heterocycles. The van der Waals surface area contributed by atoms with Crippen LogP contribution in [0, 0.1) is 13.8 Å². The molecule has 21 heavy (non-hydrogen) atoms. The Bertz CT molecular complexity index is 564. The van der Waals surface area contributed by atoms with E-state index in [9.17, 15) is 0 Å². The van der Waals surface area contributed by atoms with Gasteiger partial charge in [0.2, 0.25) is 0 Å². The summed E-state index contributed by atoms with van der Waals surface area (Å²) in [7, 11) is 0. The predicted molar refractivity (Wildman–Crippen MR) is 77.9 cm³/mol. The minimum Gasteiger partial charge on any atom is -0.374 e. The molecule has 1 atom stereocenters. The van der Waals surface area contributed by atoms with Gasteiger partial charge in [-0.05, 0) is 19.9 Å². The first-order valence-corrected chi connectivity index (χ1v) is 7.40. The fraction of sp³-hybridized carbons (Fsp3) is 0.643. The summed E-state index contributed by atoms with van der Waals surface area (Å²) in [5, 5.41) is 8.65. The lowest BCUT2D eigenvalue weighted by Gasteiger charge is -2.32. The molecule has 3 rings (SSSR count). The van der Waals surface area contributed by atoms with E-state index in [2.05, 4.69) is 20.1 Å². The number of ether oxygens (including phenoxy) is 1. The Morgan fingerprint density at radius 3 is 2.95 bits per heavy atom. The minimum absolute atomic E-state index is 0.177. The standard InChI is InChI=1S/C14H22N6O/c1-12-16-13(2)20(17-12)11-14-10-18(8-9-21-14)6-7-19-5-3-4-15-19/h3-5,14H,6-11H2,1-2H3. The zero-order valence-corrected chi connectivity index (χ0v) is 12.6. The lowest BCUT2D eigenvalue weighted by atomic mass is 10.2. The van der Waals surface area contributed by atoms with E-state index in [0.29, 0.717) is 0 Å². The Hall–Kier alpha value is -1.73. The molecule has 0 aliphatic carbocycles. The van der Waals surface area contributed by atoms with Crippen molar-refractivity contribution in [3.63, 3.8) is 0 Å². The Labute approximate surface area is 124 Å². The van der Waals surface area contributed by atoms with Crippen LogP contribution in [0.4, 0.5) is 0 Å². The molecule has 0 aromatic carbocycles. The number of morpholine rings is 1. The van der Waals surface area contributed by atoms with Gasteiger partial charge in [0, 0.05) is 32.0 Å². The SMILES string of the molecule is Cc1nc(C)n(CC2CN(CCn3cccn3)CCO2)n1. The van der Waals surface area contributed by atoms with Gasteiger partial charge in [-0.3, -0.25) is 9.58 Å². The van der Waals surface area contributed by atoms with Crippen molar-refractivity contribution in [2.45, 2.75) is 33.0 Å². The van der Waals surface area contributed by atoms with Crippen LogP contribution in [0.25, 0.3) is 0 Å². The Morgan fingerprint density at radius 1 is 1.33 bits per heavy atom. The van der Waals surface area contributed by atoms with Gasteiger partial charge in [0.25, 0.3) is 0 Å². The molecule has 1 fully saturated rings. The van der Waals surface area contributed by atoms with Crippen molar-refractivity contribution in [1.82, 2.24) is 29.4 Å². The van der Waals surface area contributed by atoms with E-state index in [4.69, 9.17) is 4.74 Å². The summed E-state index contributed by atoms with van der Waals surface area (Å²) in [4.78, 5) is 6.76. The average Bonchev–Trinajstić information content (AvgIpc) is 3.07. The maximum Gasteiger partial charge on any atom is 0.147 e. The van der Waals surface area contributed by atoms with E-state index >= 15 is 0 Å². The second kappa shape index (κ2) is 6.36. The van der Waals surface area contributed by atoms with Gasteiger partial charge in [-0.15, -0.1) is 0 Å². The second-order valence-electron chi connectivity index (χ2n) is 5.45. The fourth-order valence-corrected chi connectivity index (χ4v) is 2.70. The van der Waals surface area contributed by atoms with Crippen LogP contribution in [0.15, 0.2) is 18.5 Å². The lowest BCUT2D eigenvalue weighted by molar-refractivity contribution is -0.0388. The molecule has 1 saturated heterocycles. The van der Waals surface area contributed by atoms with Crippen molar-refractivity contribution < 1.29 is 4.74 Å². The van der Waals surface area contributed by atoms with Gasteiger partial charge in [0.15, 0.2) is 0 Å². The van der Waals surface area contributed by atoms with Crippen molar-refractivity contribution >= 4 is 0 Å². The average molecular weight is 290 g/mol. The van der Waals surface area contributed by atoms with Crippen LogP contribution >= 0.6 is 0 Å². The van der Waals surface area contributed by atoms with E-state index in [1.165, 1.54) is 0 Å². The summed E-state index contributed by atoms with van der Waals surface area (Å²) in [6, 6.07) is 1.96. The first-order chi connectivity index (χ1) is 10.2. The van der Waals surface area contributed by atoms with Gasteiger partial charge in [-0.1, -0.05) is 0 Å². The first-order valence-electron chi connectivity index (χ1n) is 7.40. The Kier molecular flexibility index (Phi) is 4.31. The van der Waals surface area contributed by atoms with Crippen molar-refractivity contribution in [2.24, 2.45) is 0 Å². The molecule has 0 bridgehead atoms. The van der Waals surface area contributed by atoms with Crippen LogP contribution in [-0.2, 0) is 17.8 Å². The molecule has 0 saturated carbocycles. The molecule has 1 aliphatic rings. The number of hydrogen-bond acceptors (Lipinski definition) is 5. The fourth-order valence-electron chi connectivity index (χ4n) is 2.70. The van der Waals surface area contributed by atoms with E-state index in [-0.39, 0.29) is 6.10 Å². The number of hydrogen-bond donors (Lipinski definition) is 0. The molecule has 0 spiro atoms. The third-order valence-corrected chi connectivity index (χ3v) is 3.77. The summed E-state index contributed by atoms with van der Waals surface area (Å²) in [5.41, 5.74) is 0. The predicted octanol–water partition coefficient (Wildman–Crippen LogP) is 0.492. The highest BCUT2D eigenvalue weighted by molar-refractivity contribution is 4.88. The van der Waals surface area contributed by atoms with Gasteiger partial charge in [-0.2, -0.15) is 10.2 Å². The Morgan fingerprint density at radius 2 is 2.24 bits per heavy atom. The number of aromatic nitrogens is 5. The molecule has 1 unspecified atom stereocenters. The topological polar surface area (TPSA) is 61.0 Å². The van der Waals surface area contributed by atoms with Crippen molar-refractivity contribution in [3.8, 4) is 0 Å². The molecule has 0 radical (unpaired) electrons. The van der Waals surface area contributed by atoms with Crippen LogP contribution in [0.2, 0.25) is 0 Å². The minimum atomic E-state index is 0.177. The van der Waals surface area contributed by atoms with E-state index < -0.39 is 0 Å². The highest BCUT2D eigenvalue weighted by atomic mass is 16.5. The summed E-state index contributed by atoms with van der Waals surface area (Å²) in [6.45, 7) is 9.27. The highest BCUT2D eigenvalue weighted by Crippen LogP contribution is 2.09. The third kappa shape index (κ3) is 3.68. The van der Waals surface area contributed by atoms with Crippen LogP contribution in [0.5, 0.6) is 0 Å². The largest absolute Gasteiger partial charge is 0.374 e. The smallest absolute Gasteiger partial charge is 0.147 e. The normalized spacial score (nSPS) is 20.0. The van der Waals surface area contributed by atoms with Gasteiger partial charge >= 0.3 is 0 Å². The molecule has 7 heteroatoms. The molecule has 0 amide bonds. The highest BCUT2D eigenvalue weighted by Gasteiger charge is 2.21. The van der Waals surface area contributed by atoms with E-state index in [0.717, 1.165) is 51.0 Å². The molecule has 3 heterocycles. The zero-order chi connectivity index (χ0) is 14.7. The number of nitrogens with zero attached hydrogens (tertiary/aromatic N) is 6. The van der Waals surface area contributed by atoms with E-state index in [1.54, 1.807) is 0 Å². The van der Waals surface area contributed by atoms with Gasteiger partial charge in [0.1, 0.15) is 11.6 Å². The lowest BCUT2D eigenvalue weighted by Crippen LogP contribution is -2.45. The van der Waals surface area contributed by atoms with Crippen LogP contribution in [0.3, 0.4) is 0 Å². The molecule has 0 N–H and O–H groups in total. The summed E-state index contributed by atoms with van der Waals surface area (Å²) in [5.74, 6) is 1.77. The first kappa shape index (κ1) is 14.2. The molecule has 7 nitrogen and oxygen atoms in total. The summed E-state index contributed by atoms with van der Waals surface area (Å²) in [6.07, 6.45) is 3.99. The number of rotatable bonds is 5. The monoisotopic (exact) mass is 290 g/mol. The van der Waals surface area contributed by atoms with Gasteiger partial charge in [0.05, 0.1) is 25.8 Å². The van der Waals surface area contributed by atoms with E-state index in [1.807, 2.05) is 41.7 Å². The number of aryl methyl sites for hydroxylation is 2. The van der Waals surface area contributed by atoms with Crippen LogP contribution in [0.1, 0.15) is 11.6 Å². The van der Waals surface area contributed by atoms with Crippen LogP contribution < -0.4 is 0 Å². The summed E-state index contributed by atoms with van der Waals surface area (Å²) < 4.78 is 9.77. The molecule has 2 aromatic rings. The Balaban J connectivity index is 1.52. The summed E-state index contributed by atoms with van der Waals surface area (Å²) >= 11 is 0. The van der Waals surface area contributed by atoms with Crippen molar-refractivity contribution in [1.29, 1.82) is 0 Å². The maximum atomic E-state index is 5.86. The second-order valence-corrected chi connectivity index (χ2v) is 5.45. The van der Waals surface area contributed by atoms with Crippen molar-refractivity contribution in [2.75, 3.05) is 26.2 Å². The van der Waals surface area contributed by atoms with Gasteiger partial charge < -0.3 is 4.74 Å². The van der Waals surface area contributed by atoms with Crippen LogP contribution in [-0.4, -0.2) is 61.8 Å². The zero-order valence-electron chi connectivity index (χ0n) is 12.6. The molecular weight excluding hydrogens is 268 g/mol.